The molecule has 1 aromatic rings. The van der Waals surface area contributed by atoms with Crippen LogP contribution in [0.25, 0.3) is 0 Å². The number of nitrogens with one attached hydrogen (secondary N) is 1. The zero-order chi connectivity index (χ0) is 13.7. The van der Waals surface area contributed by atoms with Crippen molar-refractivity contribution in [1.82, 2.24) is 10.2 Å². The number of methoxy groups -OCH3 is 1. The number of halogens is 2. The maximum Gasteiger partial charge on any atom is 0.119 e. The van der Waals surface area contributed by atoms with Crippen molar-refractivity contribution >= 4 is 24.8 Å². The molecule has 2 rings (SSSR count). The standard InChI is InChI=1S/C16H24N2O.2ClH/c1-13(2)11-16(18-9-7-17-8-10-18)14-5-4-6-15(12-14)19-3;;/h4-6,12,16-17H,1,7-11H2,2-3H3;2*1H/t16-;;/m1../s1. The summed E-state index contributed by atoms with van der Waals surface area (Å²) in [6.45, 7) is 10.5. The Morgan fingerprint density at radius 3 is 2.57 bits per heavy atom. The number of benzene rings is 1. The largest absolute Gasteiger partial charge is 0.497 e. The lowest BCUT2D eigenvalue weighted by Gasteiger charge is -2.35. The Bertz CT molecular complexity index is 434. The molecule has 1 aliphatic rings. The highest BCUT2D eigenvalue weighted by Gasteiger charge is 2.22. The van der Waals surface area contributed by atoms with Gasteiger partial charge in [0.25, 0.3) is 0 Å². The van der Waals surface area contributed by atoms with Crippen molar-refractivity contribution < 1.29 is 4.74 Å². The average molecular weight is 333 g/mol. The van der Waals surface area contributed by atoms with Crippen LogP contribution < -0.4 is 10.1 Å². The first-order valence-electron chi connectivity index (χ1n) is 6.94. The normalized spacial score (nSPS) is 16.3. The van der Waals surface area contributed by atoms with Crippen LogP contribution in [0.4, 0.5) is 0 Å². The zero-order valence-corrected chi connectivity index (χ0v) is 14.4. The number of hydrogen-bond donors (Lipinski definition) is 1. The molecule has 120 valence electrons. The fraction of sp³-hybridized carbons (Fsp3) is 0.500. The maximum absolute atomic E-state index is 5.34. The van der Waals surface area contributed by atoms with Gasteiger partial charge in [-0.1, -0.05) is 17.7 Å². The molecule has 0 radical (unpaired) electrons. The number of rotatable bonds is 5. The van der Waals surface area contributed by atoms with Crippen LogP contribution in [0.1, 0.15) is 24.9 Å². The second-order valence-electron chi connectivity index (χ2n) is 5.24. The van der Waals surface area contributed by atoms with Crippen LogP contribution in [0, 0.1) is 0 Å². The van der Waals surface area contributed by atoms with Crippen LogP contribution in [0.15, 0.2) is 36.4 Å². The Kier molecular flexibility index (Phi) is 9.71. The smallest absolute Gasteiger partial charge is 0.119 e. The number of nitrogens with zero attached hydrogens (tertiary/aromatic N) is 1. The van der Waals surface area contributed by atoms with E-state index in [0.29, 0.717) is 6.04 Å². The van der Waals surface area contributed by atoms with Crippen LogP contribution in [0.5, 0.6) is 5.75 Å². The van der Waals surface area contributed by atoms with Gasteiger partial charge < -0.3 is 10.1 Å². The lowest BCUT2D eigenvalue weighted by Crippen LogP contribution is -2.45. The minimum atomic E-state index is 0. The summed E-state index contributed by atoms with van der Waals surface area (Å²) >= 11 is 0. The Morgan fingerprint density at radius 2 is 2.00 bits per heavy atom. The lowest BCUT2D eigenvalue weighted by molar-refractivity contribution is 0.172. The highest BCUT2D eigenvalue weighted by Crippen LogP contribution is 2.29. The second-order valence-corrected chi connectivity index (χ2v) is 5.24. The van der Waals surface area contributed by atoms with Crippen molar-refractivity contribution in [3.05, 3.63) is 42.0 Å². The molecule has 1 saturated heterocycles. The van der Waals surface area contributed by atoms with Crippen LogP contribution in [0.2, 0.25) is 0 Å². The highest BCUT2D eigenvalue weighted by molar-refractivity contribution is 5.85. The van der Waals surface area contributed by atoms with Gasteiger partial charge in [-0.25, -0.2) is 0 Å². The SMILES string of the molecule is C=C(C)C[C@H](c1cccc(OC)c1)N1CCNCC1.Cl.Cl. The molecule has 0 unspecified atom stereocenters. The second kappa shape index (κ2) is 10.1. The third-order valence-corrected chi connectivity index (χ3v) is 3.61. The van der Waals surface area contributed by atoms with Crippen molar-refractivity contribution in [2.24, 2.45) is 0 Å². The summed E-state index contributed by atoms with van der Waals surface area (Å²) in [5, 5.41) is 3.41. The van der Waals surface area contributed by atoms with Gasteiger partial charge in [0.2, 0.25) is 0 Å². The van der Waals surface area contributed by atoms with Gasteiger partial charge >= 0.3 is 0 Å². The van der Waals surface area contributed by atoms with Crippen LogP contribution in [-0.2, 0) is 0 Å². The van der Waals surface area contributed by atoms with Crippen molar-refractivity contribution in [3.63, 3.8) is 0 Å². The van der Waals surface area contributed by atoms with Crippen molar-refractivity contribution in [1.29, 1.82) is 0 Å². The summed E-state index contributed by atoms with van der Waals surface area (Å²) in [4.78, 5) is 2.54. The molecule has 1 atom stereocenters. The predicted octanol–water partition coefficient (Wildman–Crippen LogP) is 3.45. The van der Waals surface area contributed by atoms with Crippen molar-refractivity contribution in [2.45, 2.75) is 19.4 Å². The summed E-state index contributed by atoms with van der Waals surface area (Å²) in [5.41, 5.74) is 2.55. The van der Waals surface area contributed by atoms with Gasteiger partial charge in [0, 0.05) is 32.2 Å². The molecule has 21 heavy (non-hydrogen) atoms. The molecule has 1 aromatic carbocycles. The van der Waals surface area contributed by atoms with Crippen LogP contribution in [-0.4, -0.2) is 38.2 Å². The quantitative estimate of drug-likeness (QED) is 0.836. The Balaban J connectivity index is 0.00000200. The van der Waals surface area contributed by atoms with Gasteiger partial charge in [0.1, 0.15) is 5.75 Å². The first kappa shape index (κ1) is 20.3. The van der Waals surface area contributed by atoms with E-state index >= 15 is 0 Å². The minimum absolute atomic E-state index is 0. The first-order chi connectivity index (χ1) is 9.20. The minimum Gasteiger partial charge on any atom is -0.497 e. The lowest BCUT2D eigenvalue weighted by atomic mass is 9.98. The van der Waals surface area contributed by atoms with Crippen LogP contribution >= 0.6 is 24.8 Å². The topological polar surface area (TPSA) is 24.5 Å². The third-order valence-electron chi connectivity index (χ3n) is 3.61. The molecule has 0 saturated carbocycles. The molecular weight excluding hydrogens is 307 g/mol. The number of piperazine rings is 1. The number of hydrogen-bond acceptors (Lipinski definition) is 3. The van der Waals surface area contributed by atoms with E-state index in [1.165, 1.54) is 11.1 Å². The van der Waals surface area contributed by atoms with E-state index in [1.807, 2.05) is 6.07 Å². The zero-order valence-electron chi connectivity index (χ0n) is 12.8. The molecule has 0 aliphatic carbocycles. The molecule has 5 heteroatoms. The molecule has 1 fully saturated rings. The molecule has 0 aromatic heterocycles. The third kappa shape index (κ3) is 5.87. The molecule has 1 aliphatic heterocycles. The average Bonchev–Trinajstić information content (AvgIpc) is 2.45. The van der Waals surface area contributed by atoms with Crippen LogP contribution in [0.3, 0.4) is 0 Å². The number of ether oxygens (including phenoxy) is 1. The Labute approximate surface area is 140 Å². The van der Waals surface area contributed by atoms with Gasteiger partial charge in [-0.2, -0.15) is 0 Å². The van der Waals surface area contributed by atoms with E-state index < -0.39 is 0 Å². The van der Waals surface area contributed by atoms with E-state index in [-0.39, 0.29) is 24.8 Å². The van der Waals surface area contributed by atoms with Gasteiger partial charge in [-0.15, -0.1) is 31.4 Å². The van der Waals surface area contributed by atoms with Gasteiger partial charge in [0.15, 0.2) is 0 Å². The summed E-state index contributed by atoms with van der Waals surface area (Å²) in [6, 6.07) is 8.82. The fourth-order valence-electron chi connectivity index (χ4n) is 2.63. The van der Waals surface area contributed by atoms with Gasteiger partial charge in [-0.3, -0.25) is 4.90 Å². The van der Waals surface area contributed by atoms with E-state index in [2.05, 4.69) is 41.9 Å². The Hall–Kier alpha value is -0.740. The summed E-state index contributed by atoms with van der Waals surface area (Å²) in [5.74, 6) is 0.930. The first-order valence-corrected chi connectivity index (χ1v) is 6.94. The monoisotopic (exact) mass is 332 g/mol. The van der Waals surface area contributed by atoms with E-state index in [9.17, 15) is 0 Å². The summed E-state index contributed by atoms with van der Waals surface area (Å²) in [7, 11) is 1.72. The summed E-state index contributed by atoms with van der Waals surface area (Å²) in [6.07, 6.45) is 1.01. The van der Waals surface area contributed by atoms with E-state index in [4.69, 9.17) is 4.74 Å². The molecule has 0 bridgehead atoms. The van der Waals surface area contributed by atoms with Gasteiger partial charge in [0.05, 0.1) is 7.11 Å². The van der Waals surface area contributed by atoms with Gasteiger partial charge in [-0.05, 0) is 31.0 Å². The molecule has 1 N–H and O–H groups in total. The molecule has 1 heterocycles. The van der Waals surface area contributed by atoms with E-state index in [0.717, 1.165) is 38.3 Å². The van der Waals surface area contributed by atoms with Crippen molar-refractivity contribution in [3.8, 4) is 5.75 Å². The molecule has 3 nitrogen and oxygen atoms in total. The molecular formula is C16H26Cl2N2O. The Morgan fingerprint density at radius 1 is 1.33 bits per heavy atom. The molecule has 0 amide bonds. The predicted molar refractivity (Wildman–Crippen MR) is 94.1 cm³/mol. The molecule has 0 spiro atoms. The highest BCUT2D eigenvalue weighted by atomic mass is 35.5. The van der Waals surface area contributed by atoms with E-state index in [1.54, 1.807) is 7.11 Å². The van der Waals surface area contributed by atoms with Crippen molar-refractivity contribution in [2.75, 3.05) is 33.3 Å². The fourth-order valence-corrected chi connectivity index (χ4v) is 2.63. The summed E-state index contributed by atoms with van der Waals surface area (Å²) < 4.78 is 5.34. The maximum atomic E-state index is 5.34.